The summed E-state index contributed by atoms with van der Waals surface area (Å²) in [6.45, 7) is 3.88. The molecule has 0 saturated heterocycles. The Kier molecular flexibility index (Phi) is 3.51. The zero-order valence-corrected chi connectivity index (χ0v) is 8.47. The van der Waals surface area contributed by atoms with E-state index in [-0.39, 0.29) is 6.04 Å². The molecule has 3 heteroatoms. The van der Waals surface area contributed by atoms with Crippen LogP contribution in [0.25, 0.3) is 0 Å². The van der Waals surface area contributed by atoms with Crippen molar-refractivity contribution in [1.82, 2.24) is 0 Å². The monoisotopic (exact) mass is 193 g/mol. The molecule has 0 fully saturated rings. The summed E-state index contributed by atoms with van der Waals surface area (Å²) < 4.78 is 0. The number of benzene rings is 1. The Labute approximate surface area is 84.0 Å². The van der Waals surface area contributed by atoms with Gasteiger partial charge in [0, 0.05) is 11.7 Å². The normalized spacial score (nSPS) is 12.1. The number of hydrogen-bond donors (Lipinski definition) is 1. The predicted molar refractivity (Wildman–Crippen MR) is 56.7 cm³/mol. The first-order valence-electron chi connectivity index (χ1n) is 4.74. The van der Waals surface area contributed by atoms with Gasteiger partial charge in [0.25, 0.3) is 0 Å². The highest BCUT2D eigenvalue weighted by Gasteiger charge is 2.18. The zero-order valence-electron chi connectivity index (χ0n) is 8.47. The van der Waals surface area contributed by atoms with Crippen molar-refractivity contribution in [3.05, 3.63) is 30.3 Å². The summed E-state index contributed by atoms with van der Waals surface area (Å²) in [5.74, 6) is 0. The third kappa shape index (κ3) is 2.25. The maximum atomic E-state index is 11.0. The number of carbonyl (C=O) groups is 1. The molecule has 3 nitrogen and oxygen atoms in total. The van der Waals surface area contributed by atoms with Gasteiger partial charge in [-0.05, 0) is 25.5 Å². The molecule has 1 aromatic rings. The lowest BCUT2D eigenvalue weighted by Gasteiger charge is -2.25. The van der Waals surface area contributed by atoms with E-state index >= 15 is 0 Å². The van der Waals surface area contributed by atoms with Gasteiger partial charge in [0.1, 0.15) is 0 Å². The molecule has 0 aliphatic heterocycles. The van der Waals surface area contributed by atoms with Crippen LogP contribution in [-0.4, -0.2) is 17.2 Å². The molecule has 0 aliphatic carbocycles. The molecule has 1 aromatic carbocycles. The summed E-state index contributed by atoms with van der Waals surface area (Å²) in [6.07, 6.45) is -0.0909. The highest BCUT2D eigenvalue weighted by Crippen LogP contribution is 2.17. The molecule has 0 aromatic heterocycles. The van der Waals surface area contributed by atoms with Gasteiger partial charge >= 0.3 is 6.09 Å². The molecule has 0 radical (unpaired) electrons. The van der Waals surface area contributed by atoms with Crippen LogP contribution in [0.4, 0.5) is 10.5 Å². The number of anilines is 1. The van der Waals surface area contributed by atoms with Crippen LogP contribution in [0.5, 0.6) is 0 Å². The zero-order chi connectivity index (χ0) is 10.6. The first kappa shape index (κ1) is 10.6. The van der Waals surface area contributed by atoms with Gasteiger partial charge in [0.2, 0.25) is 0 Å². The second-order valence-electron chi connectivity index (χ2n) is 3.25. The first-order chi connectivity index (χ1) is 6.66. The summed E-state index contributed by atoms with van der Waals surface area (Å²) >= 11 is 0. The highest BCUT2D eigenvalue weighted by molar-refractivity contribution is 5.86. The van der Waals surface area contributed by atoms with Crippen molar-refractivity contribution in [3.8, 4) is 0 Å². The van der Waals surface area contributed by atoms with Crippen LogP contribution in [0.2, 0.25) is 0 Å². The van der Waals surface area contributed by atoms with Gasteiger partial charge in [-0.3, -0.25) is 4.90 Å². The quantitative estimate of drug-likeness (QED) is 0.801. The lowest BCUT2D eigenvalue weighted by Crippen LogP contribution is -2.37. The molecule has 0 saturated carbocycles. The molecular weight excluding hydrogens is 178 g/mol. The Morgan fingerprint density at radius 1 is 1.43 bits per heavy atom. The lowest BCUT2D eigenvalue weighted by molar-refractivity contribution is 0.199. The van der Waals surface area contributed by atoms with Gasteiger partial charge in [-0.1, -0.05) is 25.1 Å². The fraction of sp³-hybridized carbons (Fsp3) is 0.364. The molecule has 1 atom stereocenters. The van der Waals surface area contributed by atoms with Gasteiger partial charge in [-0.15, -0.1) is 0 Å². The maximum Gasteiger partial charge on any atom is 0.412 e. The summed E-state index contributed by atoms with van der Waals surface area (Å²) in [6, 6.07) is 9.18. The van der Waals surface area contributed by atoms with Crippen LogP contribution >= 0.6 is 0 Å². The molecule has 0 aliphatic rings. The summed E-state index contributed by atoms with van der Waals surface area (Å²) in [5, 5.41) is 9.05. The standard InChI is InChI=1S/C11H15NO2/c1-3-9(2)12(11(13)14)10-7-5-4-6-8-10/h4-9H,3H2,1-2H3,(H,13,14). The van der Waals surface area contributed by atoms with E-state index in [2.05, 4.69) is 0 Å². The minimum absolute atomic E-state index is 0.00917. The first-order valence-corrected chi connectivity index (χ1v) is 4.74. The van der Waals surface area contributed by atoms with E-state index in [1.165, 1.54) is 4.90 Å². The van der Waals surface area contributed by atoms with Crippen molar-refractivity contribution >= 4 is 11.8 Å². The lowest BCUT2D eigenvalue weighted by atomic mass is 10.2. The molecular formula is C11H15NO2. The number of hydrogen-bond acceptors (Lipinski definition) is 1. The molecule has 1 unspecified atom stereocenters. The fourth-order valence-electron chi connectivity index (χ4n) is 1.32. The van der Waals surface area contributed by atoms with Crippen LogP contribution in [-0.2, 0) is 0 Å². The van der Waals surface area contributed by atoms with Crippen LogP contribution in [0.1, 0.15) is 20.3 Å². The minimum atomic E-state index is -0.898. The summed E-state index contributed by atoms with van der Waals surface area (Å²) in [5.41, 5.74) is 0.731. The number of rotatable bonds is 3. The second-order valence-corrected chi connectivity index (χ2v) is 3.25. The summed E-state index contributed by atoms with van der Waals surface area (Å²) in [7, 11) is 0. The highest BCUT2D eigenvalue weighted by atomic mass is 16.4. The van der Waals surface area contributed by atoms with Crippen LogP contribution in [0, 0.1) is 0 Å². The Bertz CT molecular complexity index is 297. The fourth-order valence-corrected chi connectivity index (χ4v) is 1.32. The number of para-hydroxylation sites is 1. The average Bonchev–Trinajstić information content (AvgIpc) is 2.19. The van der Waals surface area contributed by atoms with E-state index in [9.17, 15) is 4.79 Å². The third-order valence-corrected chi connectivity index (χ3v) is 2.27. The topological polar surface area (TPSA) is 40.5 Å². The molecule has 14 heavy (non-hydrogen) atoms. The molecule has 1 N–H and O–H groups in total. The van der Waals surface area contributed by atoms with Gasteiger partial charge in [-0.25, -0.2) is 4.79 Å². The Balaban J connectivity index is 2.95. The molecule has 0 heterocycles. The number of amides is 1. The predicted octanol–water partition coefficient (Wildman–Crippen LogP) is 2.97. The van der Waals surface area contributed by atoms with Gasteiger partial charge in [0.15, 0.2) is 0 Å². The second kappa shape index (κ2) is 4.65. The van der Waals surface area contributed by atoms with E-state index in [4.69, 9.17) is 5.11 Å². The number of carboxylic acid groups (broad SMARTS) is 1. The molecule has 0 spiro atoms. The van der Waals surface area contributed by atoms with Crippen LogP contribution in [0.15, 0.2) is 30.3 Å². The van der Waals surface area contributed by atoms with Crippen molar-refractivity contribution in [3.63, 3.8) is 0 Å². The van der Waals surface area contributed by atoms with Crippen molar-refractivity contribution in [1.29, 1.82) is 0 Å². The molecule has 1 rings (SSSR count). The van der Waals surface area contributed by atoms with Gasteiger partial charge in [-0.2, -0.15) is 0 Å². The Hall–Kier alpha value is -1.51. The van der Waals surface area contributed by atoms with E-state index in [1.807, 2.05) is 32.0 Å². The largest absolute Gasteiger partial charge is 0.465 e. The van der Waals surface area contributed by atoms with Gasteiger partial charge < -0.3 is 5.11 Å². The third-order valence-electron chi connectivity index (χ3n) is 2.27. The average molecular weight is 193 g/mol. The van der Waals surface area contributed by atoms with Crippen molar-refractivity contribution in [2.45, 2.75) is 26.3 Å². The van der Waals surface area contributed by atoms with Gasteiger partial charge in [0.05, 0.1) is 0 Å². The summed E-state index contributed by atoms with van der Waals surface area (Å²) in [4.78, 5) is 12.4. The van der Waals surface area contributed by atoms with Crippen molar-refractivity contribution in [2.75, 3.05) is 4.90 Å². The molecule has 0 bridgehead atoms. The van der Waals surface area contributed by atoms with Crippen molar-refractivity contribution in [2.24, 2.45) is 0 Å². The van der Waals surface area contributed by atoms with E-state index in [1.54, 1.807) is 12.1 Å². The van der Waals surface area contributed by atoms with Crippen LogP contribution in [0.3, 0.4) is 0 Å². The number of nitrogens with zero attached hydrogens (tertiary/aromatic N) is 1. The SMILES string of the molecule is CCC(C)N(C(=O)O)c1ccccc1. The Morgan fingerprint density at radius 3 is 2.43 bits per heavy atom. The van der Waals surface area contributed by atoms with E-state index in [0.29, 0.717) is 0 Å². The van der Waals surface area contributed by atoms with Crippen molar-refractivity contribution < 1.29 is 9.90 Å². The van der Waals surface area contributed by atoms with E-state index in [0.717, 1.165) is 12.1 Å². The molecule has 1 amide bonds. The van der Waals surface area contributed by atoms with E-state index < -0.39 is 6.09 Å². The van der Waals surface area contributed by atoms with Crippen LogP contribution < -0.4 is 4.90 Å². The Morgan fingerprint density at radius 2 is 2.00 bits per heavy atom. The maximum absolute atomic E-state index is 11.0. The smallest absolute Gasteiger partial charge is 0.412 e. The minimum Gasteiger partial charge on any atom is -0.465 e. The molecule has 76 valence electrons.